The molecule has 2 aromatic carbocycles. The molecular formula is C15H15ClFN3S. The minimum atomic E-state index is -0.337. The van der Waals surface area contributed by atoms with Gasteiger partial charge in [-0.25, -0.2) is 9.37 Å². The van der Waals surface area contributed by atoms with E-state index < -0.39 is 0 Å². The van der Waals surface area contributed by atoms with Crippen LogP contribution < -0.4 is 11.5 Å². The molecule has 3 rings (SSSR count). The zero-order valence-corrected chi connectivity index (χ0v) is 12.8. The van der Waals surface area contributed by atoms with Crippen molar-refractivity contribution in [1.82, 2.24) is 4.98 Å². The van der Waals surface area contributed by atoms with E-state index in [1.165, 1.54) is 23.0 Å². The van der Waals surface area contributed by atoms with Crippen molar-refractivity contribution in [3.8, 4) is 11.1 Å². The molecule has 0 saturated carbocycles. The molecule has 1 aromatic heterocycles. The summed E-state index contributed by atoms with van der Waals surface area (Å²) in [6.07, 6.45) is 0.846. The first kappa shape index (κ1) is 15.7. The van der Waals surface area contributed by atoms with Crippen molar-refractivity contribution in [3.05, 3.63) is 47.8 Å². The van der Waals surface area contributed by atoms with Crippen molar-refractivity contribution in [2.45, 2.75) is 6.42 Å². The Bertz CT molecular complexity index is 755. The molecule has 0 unspecified atom stereocenters. The van der Waals surface area contributed by atoms with Gasteiger partial charge in [-0.1, -0.05) is 35.6 Å². The summed E-state index contributed by atoms with van der Waals surface area (Å²) in [7, 11) is 0. The average Bonchev–Trinajstić information content (AvgIpc) is 2.81. The Morgan fingerprint density at radius 1 is 1.10 bits per heavy atom. The SMILES string of the molecule is Cl.NCCc1ccc(-c2cc(F)c3nc(N)sc3c2)cc1. The van der Waals surface area contributed by atoms with E-state index >= 15 is 0 Å². The summed E-state index contributed by atoms with van der Waals surface area (Å²) in [4.78, 5) is 3.99. The molecule has 0 aliphatic rings. The quantitative estimate of drug-likeness (QED) is 0.774. The predicted molar refractivity (Wildman–Crippen MR) is 89.4 cm³/mol. The first-order chi connectivity index (χ1) is 9.67. The Balaban J connectivity index is 0.00000161. The second kappa shape index (κ2) is 6.39. The Kier molecular flexibility index (Phi) is 4.77. The van der Waals surface area contributed by atoms with Gasteiger partial charge in [0.1, 0.15) is 5.52 Å². The van der Waals surface area contributed by atoms with Crippen molar-refractivity contribution in [2.75, 3.05) is 12.3 Å². The van der Waals surface area contributed by atoms with Crippen LogP contribution in [0.25, 0.3) is 21.3 Å². The lowest BCUT2D eigenvalue weighted by Crippen LogP contribution is -2.02. The molecule has 3 nitrogen and oxygen atoms in total. The normalized spacial score (nSPS) is 10.6. The van der Waals surface area contributed by atoms with Gasteiger partial charge in [0.25, 0.3) is 0 Å². The van der Waals surface area contributed by atoms with Crippen LogP contribution in [0.5, 0.6) is 0 Å². The van der Waals surface area contributed by atoms with E-state index in [4.69, 9.17) is 11.5 Å². The molecule has 0 atom stereocenters. The van der Waals surface area contributed by atoms with Crippen LogP contribution in [-0.2, 0) is 6.42 Å². The number of anilines is 1. The topological polar surface area (TPSA) is 64.9 Å². The molecule has 4 N–H and O–H groups in total. The molecule has 0 saturated heterocycles. The maximum atomic E-state index is 14.0. The molecule has 0 aliphatic heterocycles. The molecule has 1 heterocycles. The number of thiazole rings is 1. The zero-order valence-electron chi connectivity index (χ0n) is 11.2. The summed E-state index contributed by atoms with van der Waals surface area (Å²) in [5.41, 5.74) is 14.5. The van der Waals surface area contributed by atoms with Gasteiger partial charge in [0.15, 0.2) is 10.9 Å². The van der Waals surface area contributed by atoms with Crippen LogP contribution in [0.1, 0.15) is 5.56 Å². The van der Waals surface area contributed by atoms with Crippen molar-refractivity contribution >= 4 is 39.1 Å². The maximum Gasteiger partial charge on any atom is 0.181 e. The summed E-state index contributed by atoms with van der Waals surface area (Å²) < 4.78 is 14.8. The van der Waals surface area contributed by atoms with E-state index in [1.807, 2.05) is 30.3 Å². The largest absolute Gasteiger partial charge is 0.375 e. The van der Waals surface area contributed by atoms with Gasteiger partial charge in [-0.3, -0.25) is 0 Å². The van der Waals surface area contributed by atoms with E-state index in [-0.39, 0.29) is 18.2 Å². The van der Waals surface area contributed by atoms with Crippen LogP contribution >= 0.6 is 23.7 Å². The van der Waals surface area contributed by atoms with Crippen LogP contribution in [0.3, 0.4) is 0 Å². The summed E-state index contributed by atoms with van der Waals surface area (Å²) in [5, 5.41) is 0.384. The standard InChI is InChI=1S/C15H14FN3S.ClH/c16-12-7-11(8-13-14(12)19-15(18)20-13)10-3-1-9(2-4-10)5-6-17;/h1-4,7-8H,5-6,17H2,(H2,18,19);1H. The van der Waals surface area contributed by atoms with Gasteiger partial charge in [-0.2, -0.15) is 0 Å². The maximum absolute atomic E-state index is 14.0. The number of nitrogens with zero attached hydrogens (tertiary/aromatic N) is 1. The minimum Gasteiger partial charge on any atom is -0.375 e. The van der Waals surface area contributed by atoms with Gasteiger partial charge < -0.3 is 11.5 Å². The second-order valence-corrected chi connectivity index (χ2v) is 5.65. The molecule has 110 valence electrons. The fraction of sp³-hybridized carbons (Fsp3) is 0.133. The van der Waals surface area contributed by atoms with Gasteiger partial charge in [-0.05, 0) is 41.8 Å². The van der Waals surface area contributed by atoms with Gasteiger partial charge in [0, 0.05) is 0 Å². The smallest absolute Gasteiger partial charge is 0.181 e. The van der Waals surface area contributed by atoms with Crippen LogP contribution in [0.2, 0.25) is 0 Å². The van der Waals surface area contributed by atoms with Gasteiger partial charge in [0.2, 0.25) is 0 Å². The minimum absolute atomic E-state index is 0. The summed E-state index contributed by atoms with van der Waals surface area (Å²) in [6, 6.07) is 11.4. The third-order valence-electron chi connectivity index (χ3n) is 3.19. The summed E-state index contributed by atoms with van der Waals surface area (Å²) in [6.45, 7) is 0.625. The molecule has 0 aliphatic carbocycles. The monoisotopic (exact) mass is 323 g/mol. The van der Waals surface area contributed by atoms with Crippen molar-refractivity contribution in [3.63, 3.8) is 0 Å². The highest BCUT2D eigenvalue weighted by atomic mass is 35.5. The highest BCUT2D eigenvalue weighted by molar-refractivity contribution is 7.22. The second-order valence-electron chi connectivity index (χ2n) is 4.59. The number of nitrogens with two attached hydrogens (primary N) is 2. The highest BCUT2D eigenvalue weighted by Gasteiger charge is 2.10. The molecule has 0 fully saturated rings. The Morgan fingerprint density at radius 3 is 2.48 bits per heavy atom. The molecule has 0 radical (unpaired) electrons. The highest BCUT2D eigenvalue weighted by Crippen LogP contribution is 2.31. The molecule has 21 heavy (non-hydrogen) atoms. The number of aromatic nitrogens is 1. The van der Waals surface area contributed by atoms with Crippen LogP contribution in [0.15, 0.2) is 36.4 Å². The third-order valence-corrected chi connectivity index (χ3v) is 4.02. The van der Waals surface area contributed by atoms with E-state index in [1.54, 1.807) is 0 Å². The van der Waals surface area contributed by atoms with Crippen molar-refractivity contribution in [1.29, 1.82) is 0 Å². The van der Waals surface area contributed by atoms with Gasteiger partial charge in [0.05, 0.1) is 4.70 Å². The fourth-order valence-electron chi connectivity index (χ4n) is 2.20. The molecular weight excluding hydrogens is 309 g/mol. The number of nitrogen functional groups attached to an aromatic ring is 1. The van der Waals surface area contributed by atoms with Gasteiger partial charge in [-0.15, -0.1) is 12.4 Å². The summed E-state index contributed by atoms with van der Waals surface area (Å²) >= 11 is 1.30. The van der Waals surface area contributed by atoms with Crippen LogP contribution in [0.4, 0.5) is 9.52 Å². The number of hydrogen-bond donors (Lipinski definition) is 2. The molecule has 0 spiro atoms. The number of benzene rings is 2. The van der Waals surface area contributed by atoms with E-state index in [9.17, 15) is 4.39 Å². The lowest BCUT2D eigenvalue weighted by molar-refractivity contribution is 0.638. The van der Waals surface area contributed by atoms with Crippen molar-refractivity contribution < 1.29 is 4.39 Å². The molecule has 0 bridgehead atoms. The number of rotatable bonds is 3. The first-order valence-electron chi connectivity index (χ1n) is 6.32. The first-order valence-corrected chi connectivity index (χ1v) is 7.14. The van der Waals surface area contributed by atoms with E-state index in [0.717, 1.165) is 22.2 Å². The van der Waals surface area contributed by atoms with Crippen LogP contribution in [-0.4, -0.2) is 11.5 Å². The fourth-order valence-corrected chi connectivity index (χ4v) is 2.99. The average molecular weight is 324 g/mol. The van der Waals surface area contributed by atoms with Gasteiger partial charge >= 0.3 is 0 Å². The lowest BCUT2D eigenvalue weighted by Gasteiger charge is -2.04. The number of hydrogen-bond acceptors (Lipinski definition) is 4. The van der Waals surface area contributed by atoms with E-state index in [0.29, 0.717) is 17.2 Å². The van der Waals surface area contributed by atoms with Crippen LogP contribution in [0, 0.1) is 5.82 Å². The number of fused-ring (bicyclic) bond motifs is 1. The predicted octanol–water partition coefficient (Wildman–Crippen LogP) is 3.61. The van der Waals surface area contributed by atoms with E-state index in [2.05, 4.69) is 4.98 Å². The zero-order chi connectivity index (χ0) is 14.1. The molecule has 6 heteroatoms. The lowest BCUT2D eigenvalue weighted by atomic mass is 10.0. The Labute approximate surface area is 132 Å². The van der Waals surface area contributed by atoms with Crippen molar-refractivity contribution in [2.24, 2.45) is 5.73 Å². The Hall–Kier alpha value is -1.69. The Morgan fingerprint density at radius 2 is 1.81 bits per heavy atom. The number of halogens is 2. The summed E-state index contributed by atoms with van der Waals surface area (Å²) in [5.74, 6) is -0.337. The molecule has 0 amide bonds. The molecule has 3 aromatic rings. The third kappa shape index (κ3) is 3.15.